The molecule has 0 unspecified atom stereocenters. The molecule has 0 aromatic heterocycles. The van der Waals surface area contributed by atoms with Crippen LogP contribution in [0.25, 0.3) is 0 Å². The molecule has 0 amide bonds. The third kappa shape index (κ3) is 3.03. The number of benzene rings is 1. The van der Waals surface area contributed by atoms with E-state index in [2.05, 4.69) is 19.2 Å². The van der Waals surface area contributed by atoms with Crippen LogP contribution in [0.1, 0.15) is 20.3 Å². The van der Waals surface area contributed by atoms with Crippen molar-refractivity contribution >= 4 is 0 Å². The summed E-state index contributed by atoms with van der Waals surface area (Å²) in [5, 5.41) is 3.24. The van der Waals surface area contributed by atoms with E-state index in [1.165, 1.54) is 0 Å². The van der Waals surface area contributed by atoms with Gasteiger partial charge in [0.15, 0.2) is 11.5 Å². The number of hydrogen-bond donors (Lipinski definition) is 1. The van der Waals surface area contributed by atoms with Crippen molar-refractivity contribution in [2.24, 2.45) is 0 Å². The van der Waals surface area contributed by atoms with Gasteiger partial charge < -0.3 is 19.5 Å². The maximum absolute atomic E-state index is 5.69. The molecule has 1 aliphatic heterocycles. The van der Waals surface area contributed by atoms with Crippen molar-refractivity contribution in [1.29, 1.82) is 0 Å². The van der Waals surface area contributed by atoms with E-state index in [4.69, 9.17) is 14.2 Å². The molecule has 0 fully saturated rings. The molecule has 4 nitrogen and oxygen atoms in total. The number of hydrogen-bond acceptors (Lipinski definition) is 4. The zero-order chi connectivity index (χ0) is 12.3. The largest absolute Gasteiger partial charge is 0.493 e. The number of fused-ring (bicyclic) bond motifs is 1. The average molecular weight is 237 g/mol. The molecule has 1 aromatic rings. The second kappa shape index (κ2) is 4.84. The quantitative estimate of drug-likeness (QED) is 0.852. The molecule has 0 aliphatic carbocycles. The molecule has 0 atom stereocenters. The standard InChI is InChI=1S/C13H19NO3/c1-13(2,14-3)6-7-15-10-4-5-11-12(8-10)17-9-16-11/h4-5,8,14H,6-7,9H2,1-3H3. The molecule has 0 saturated carbocycles. The summed E-state index contributed by atoms with van der Waals surface area (Å²) in [6.07, 6.45) is 0.942. The van der Waals surface area contributed by atoms with Crippen molar-refractivity contribution in [1.82, 2.24) is 5.32 Å². The van der Waals surface area contributed by atoms with Crippen molar-refractivity contribution in [3.8, 4) is 17.2 Å². The molecule has 1 heterocycles. The molecule has 4 heteroatoms. The van der Waals surface area contributed by atoms with Crippen LogP contribution in [0, 0.1) is 0 Å². The highest BCUT2D eigenvalue weighted by molar-refractivity contribution is 5.46. The van der Waals surface area contributed by atoms with Gasteiger partial charge in [0.2, 0.25) is 6.79 Å². The lowest BCUT2D eigenvalue weighted by Crippen LogP contribution is -2.37. The van der Waals surface area contributed by atoms with Crippen LogP contribution in [0.5, 0.6) is 17.2 Å². The van der Waals surface area contributed by atoms with Crippen molar-refractivity contribution < 1.29 is 14.2 Å². The second-order valence-electron chi connectivity index (χ2n) is 4.75. The van der Waals surface area contributed by atoms with E-state index in [-0.39, 0.29) is 5.54 Å². The van der Waals surface area contributed by atoms with E-state index in [1.807, 2.05) is 25.2 Å². The van der Waals surface area contributed by atoms with E-state index in [0.29, 0.717) is 13.4 Å². The Morgan fingerprint density at radius 2 is 2.06 bits per heavy atom. The first-order chi connectivity index (χ1) is 8.11. The van der Waals surface area contributed by atoms with Crippen molar-refractivity contribution in [3.63, 3.8) is 0 Å². The van der Waals surface area contributed by atoms with Gasteiger partial charge in [-0.2, -0.15) is 0 Å². The Bertz CT molecular complexity index is 390. The van der Waals surface area contributed by atoms with Crippen LogP contribution in [0.4, 0.5) is 0 Å². The van der Waals surface area contributed by atoms with Gasteiger partial charge >= 0.3 is 0 Å². The van der Waals surface area contributed by atoms with E-state index in [0.717, 1.165) is 23.7 Å². The fourth-order valence-corrected chi connectivity index (χ4v) is 1.52. The second-order valence-corrected chi connectivity index (χ2v) is 4.75. The molecule has 2 rings (SSSR count). The Balaban J connectivity index is 1.88. The third-order valence-electron chi connectivity index (χ3n) is 3.02. The van der Waals surface area contributed by atoms with Crippen molar-refractivity contribution in [3.05, 3.63) is 18.2 Å². The monoisotopic (exact) mass is 237 g/mol. The maximum Gasteiger partial charge on any atom is 0.231 e. The van der Waals surface area contributed by atoms with Gasteiger partial charge in [-0.3, -0.25) is 0 Å². The van der Waals surface area contributed by atoms with Gasteiger partial charge in [0.05, 0.1) is 6.61 Å². The molecule has 0 radical (unpaired) electrons. The minimum Gasteiger partial charge on any atom is -0.493 e. The number of ether oxygens (including phenoxy) is 3. The first-order valence-corrected chi connectivity index (χ1v) is 5.82. The summed E-state index contributed by atoms with van der Waals surface area (Å²) in [5.41, 5.74) is 0.0936. The molecule has 0 spiro atoms. The topological polar surface area (TPSA) is 39.7 Å². The molecule has 0 saturated heterocycles. The summed E-state index contributed by atoms with van der Waals surface area (Å²) < 4.78 is 16.2. The minimum atomic E-state index is 0.0936. The van der Waals surface area contributed by atoms with E-state index < -0.39 is 0 Å². The van der Waals surface area contributed by atoms with Crippen LogP contribution in [0.3, 0.4) is 0 Å². The zero-order valence-corrected chi connectivity index (χ0v) is 10.6. The highest BCUT2D eigenvalue weighted by Gasteiger charge is 2.16. The lowest BCUT2D eigenvalue weighted by atomic mass is 10.0. The molecular formula is C13H19NO3. The summed E-state index contributed by atoms with van der Waals surface area (Å²) >= 11 is 0. The lowest BCUT2D eigenvalue weighted by Gasteiger charge is -2.23. The molecule has 0 bridgehead atoms. The van der Waals surface area contributed by atoms with Gasteiger partial charge in [0.25, 0.3) is 0 Å². The van der Waals surface area contributed by atoms with E-state index in [9.17, 15) is 0 Å². The van der Waals surface area contributed by atoms with Gasteiger partial charge in [0, 0.05) is 11.6 Å². The maximum atomic E-state index is 5.69. The van der Waals surface area contributed by atoms with Crippen LogP contribution in [0.15, 0.2) is 18.2 Å². The highest BCUT2D eigenvalue weighted by atomic mass is 16.7. The van der Waals surface area contributed by atoms with E-state index >= 15 is 0 Å². The molecule has 17 heavy (non-hydrogen) atoms. The van der Waals surface area contributed by atoms with Crippen LogP contribution < -0.4 is 19.5 Å². The number of rotatable bonds is 5. The van der Waals surface area contributed by atoms with Gasteiger partial charge in [-0.25, -0.2) is 0 Å². The SMILES string of the molecule is CNC(C)(C)CCOc1ccc2c(c1)OCO2. The summed E-state index contributed by atoms with van der Waals surface area (Å²) in [6.45, 7) is 5.27. The Kier molecular flexibility index (Phi) is 3.43. The van der Waals surface area contributed by atoms with Gasteiger partial charge in [0.1, 0.15) is 5.75 Å². The highest BCUT2D eigenvalue weighted by Crippen LogP contribution is 2.35. The minimum absolute atomic E-state index is 0.0936. The molecule has 94 valence electrons. The average Bonchev–Trinajstić information content (AvgIpc) is 2.76. The Labute approximate surface area is 102 Å². The molecule has 1 aromatic carbocycles. The summed E-state index contributed by atoms with van der Waals surface area (Å²) in [7, 11) is 1.96. The zero-order valence-electron chi connectivity index (χ0n) is 10.6. The normalized spacial score (nSPS) is 13.8. The van der Waals surface area contributed by atoms with Crippen LogP contribution in [-0.2, 0) is 0 Å². The fourth-order valence-electron chi connectivity index (χ4n) is 1.52. The summed E-state index contributed by atoms with van der Waals surface area (Å²) in [4.78, 5) is 0. The van der Waals surface area contributed by atoms with Crippen molar-refractivity contribution in [2.45, 2.75) is 25.8 Å². The van der Waals surface area contributed by atoms with Crippen LogP contribution in [-0.4, -0.2) is 26.0 Å². The Hall–Kier alpha value is -1.42. The summed E-state index contributed by atoms with van der Waals surface area (Å²) in [6, 6.07) is 5.65. The lowest BCUT2D eigenvalue weighted by molar-refractivity contribution is 0.173. The van der Waals surface area contributed by atoms with Gasteiger partial charge in [-0.1, -0.05) is 0 Å². The Morgan fingerprint density at radius 1 is 1.29 bits per heavy atom. The first kappa shape index (κ1) is 12.0. The van der Waals surface area contributed by atoms with Gasteiger partial charge in [-0.15, -0.1) is 0 Å². The molecule has 1 aliphatic rings. The number of nitrogens with one attached hydrogen (secondary N) is 1. The van der Waals surface area contributed by atoms with E-state index in [1.54, 1.807) is 0 Å². The van der Waals surface area contributed by atoms with Gasteiger partial charge in [-0.05, 0) is 39.4 Å². The van der Waals surface area contributed by atoms with Crippen LogP contribution >= 0.6 is 0 Å². The third-order valence-corrected chi connectivity index (χ3v) is 3.02. The van der Waals surface area contributed by atoms with Crippen LogP contribution in [0.2, 0.25) is 0 Å². The predicted molar refractivity (Wildman–Crippen MR) is 65.8 cm³/mol. The predicted octanol–water partition coefficient (Wildman–Crippen LogP) is 2.18. The smallest absolute Gasteiger partial charge is 0.231 e. The molecule has 1 N–H and O–H groups in total. The Morgan fingerprint density at radius 3 is 2.82 bits per heavy atom. The van der Waals surface area contributed by atoms with Crippen molar-refractivity contribution in [2.75, 3.05) is 20.4 Å². The first-order valence-electron chi connectivity index (χ1n) is 5.82. The fraction of sp³-hybridized carbons (Fsp3) is 0.538. The molecular weight excluding hydrogens is 218 g/mol. The summed E-state index contributed by atoms with van der Waals surface area (Å²) in [5.74, 6) is 2.37.